The van der Waals surface area contributed by atoms with Gasteiger partial charge in [0.15, 0.2) is 0 Å². The van der Waals surface area contributed by atoms with Gasteiger partial charge in [-0.15, -0.1) is 0 Å². The van der Waals surface area contributed by atoms with Gasteiger partial charge in [-0.05, 0) is 13.0 Å². The summed E-state index contributed by atoms with van der Waals surface area (Å²) >= 11 is 0. The molecule has 0 unspecified atom stereocenters. The fourth-order valence-electron chi connectivity index (χ4n) is 1.79. The Morgan fingerprint density at radius 2 is 2.00 bits per heavy atom. The molecule has 0 spiro atoms. The summed E-state index contributed by atoms with van der Waals surface area (Å²) in [6.45, 7) is 5.57. The number of rotatable bonds is 1. The van der Waals surface area contributed by atoms with Crippen molar-refractivity contribution in [3.63, 3.8) is 0 Å². The van der Waals surface area contributed by atoms with Gasteiger partial charge >= 0.3 is 0 Å². The molecule has 4 nitrogen and oxygen atoms in total. The largest absolute Gasteiger partial charge is 0.341 e. The normalized spacial score (nSPS) is 25.1. The standard InChI is InChI=1S/C9H17N3O/c13-9(8-6-11-7-8)12-4-1-2-10-3-5-12/h8,10-11H,1-7H2. The van der Waals surface area contributed by atoms with Gasteiger partial charge in [-0.2, -0.15) is 0 Å². The van der Waals surface area contributed by atoms with E-state index in [-0.39, 0.29) is 5.92 Å². The summed E-state index contributed by atoms with van der Waals surface area (Å²) in [5.41, 5.74) is 0. The maximum absolute atomic E-state index is 11.8. The summed E-state index contributed by atoms with van der Waals surface area (Å²) in [5.74, 6) is 0.612. The van der Waals surface area contributed by atoms with Crippen LogP contribution in [0, 0.1) is 5.92 Å². The number of hydrogen-bond donors (Lipinski definition) is 2. The van der Waals surface area contributed by atoms with Gasteiger partial charge in [-0.25, -0.2) is 0 Å². The third kappa shape index (κ3) is 2.00. The second kappa shape index (κ2) is 4.07. The van der Waals surface area contributed by atoms with E-state index < -0.39 is 0 Å². The van der Waals surface area contributed by atoms with Crippen molar-refractivity contribution in [1.29, 1.82) is 0 Å². The first-order valence-corrected chi connectivity index (χ1v) is 5.08. The molecule has 0 aromatic carbocycles. The Balaban J connectivity index is 1.85. The third-order valence-corrected chi connectivity index (χ3v) is 2.78. The van der Waals surface area contributed by atoms with Crippen LogP contribution in [0.25, 0.3) is 0 Å². The fraction of sp³-hybridized carbons (Fsp3) is 0.889. The molecule has 2 N–H and O–H groups in total. The minimum absolute atomic E-state index is 0.262. The Kier molecular flexibility index (Phi) is 2.80. The lowest BCUT2D eigenvalue weighted by atomic mass is 10.0. The number of amides is 1. The van der Waals surface area contributed by atoms with Gasteiger partial charge < -0.3 is 15.5 Å². The number of hydrogen-bond acceptors (Lipinski definition) is 3. The summed E-state index contributed by atoms with van der Waals surface area (Å²) in [4.78, 5) is 13.8. The zero-order valence-corrected chi connectivity index (χ0v) is 7.88. The van der Waals surface area contributed by atoms with Crippen molar-refractivity contribution in [3.8, 4) is 0 Å². The highest BCUT2D eigenvalue weighted by atomic mass is 16.2. The topological polar surface area (TPSA) is 44.4 Å². The van der Waals surface area contributed by atoms with Crippen LogP contribution >= 0.6 is 0 Å². The molecule has 4 heteroatoms. The summed E-state index contributed by atoms with van der Waals surface area (Å²) in [5, 5.41) is 6.43. The lowest BCUT2D eigenvalue weighted by molar-refractivity contribution is -0.136. The van der Waals surface area contributed by atoms with E-state index in [1.807, 2.05) is 4.90 Å². The van der Waals surface area contributed by atoms with E-state index in [2.05, 4.69) is 10.6 Å². The lowest BCUT2D eigenvalue weighted by Gasteiger charge is -2.31. The molecule has 2 heterocycles. The van der Waals surface area contributed by atoms with Crippen molar-refractivity contribution >= 4 is 5.91 Å². The summed E-state index contributed by atoms with van der Waals surface area (Å²) < 4.78 is 0. The van der Waals surface area contributed by atoms with Crippen molar-refractivity contribution in [2.24, 2.45) is 5.92 Å². The van der Waals surface area contributed by atoms with Gasteiger partial charge in [0, 0.05) is 32.7 Å². The molecule has 2 fully saturated rings. The molecule has 2 aliphatic heterocycles. The van der Waals surface area contributed by atoms with Gasteiger partial charge in [0.1, 0.15) is 0 Å². The molecule has 0 atom stereocenters. The summed E-state index contributed by atoms with van der Waals surface area (Å²) in [6, 6.07) is 0. The number of nitrogens with one attached hydrogen (secondary N) is 2. The van der Waals surface area contributed by atoms with Crippen LogP contribution in [0.1, 0.15) is 6.42 Å². The molecular formula is C9H17N3O. The average molecular weight is 183 g/mol. The van der Waals surface area contributed by atoms with Gasteiger partial charge in [-0.3, -0.25) is 4.79 Å². The quantitative estimate of drug-likeness (QED) is 0.549. The minimum atomic E-state index is 0.262. The number of nitrogens with zero attached hydrogens (tertiary/aromatic N) is 1. The van der Waals surface area contributed by atoms with Crippen LogP contribution in [0.15, 0.2) is 0 Å². The van der Waals surface area contributed by atoms with E-state index in [1.54, 1.807) is 0 Å². The van der Waals surface area contributed by atoms with Crippen LogP contribution in [0.4, 0.5) is 0 Å². The Bertz CT molecular complexity index is 183. The van der Waals surface area contributed by atoms with Crippen LogP contribution < -0.4 is 10.6 Å². The van der Waals surface area contributed by atoms with Crippen LogP contribution in [0.2, 0.25) is 0 Å². The van der Waals surface area contributed by atoms with Crippen molar-refractivity contribution in [1.82, 2.24) is 15.5 Å². The smallest absolute Gasteiger partial charge is 0.228 e. The minimum Gasteiger partial charge on any atom is -0.341 e. The van der Waals surface area contributed by atoms with E-state index >= 15 is 0 Å². The lowest BCUT2D eigenvalue weighted by Crippen LogP contribution is -2.52. The Labute approximate surface area is 78.7 Å². The van der Waals surface area contributed by atoms with E-state index in [0.717, 1.165) is 45.7 Å². The predicted molar refractivity (Wildman–Crippen MR) is 50.4 cm³/mol. The zero-order valence-electron chi connectivity index (χ0n) is 7.88. The highest BCUT2D eigenvalue weighted by molar-refractivity contribution is 5.80. The molecule has 13 heavy (non-hydrogen) atoms. The zero-order chi connectivity index (χ0) is 9.10. The predicted octanol–water partition coefficient (Wildman–Crippen LogP) is -0.972. The molecule has 2 saturated heterocycles. The molecule has 0 aromatic rings. The first-order valence-electron chi connectivity index (χ1n) is 5.08. The van der Waals surface area contributed by atoms with E-state index in [4.69, 9.17) is 0 Å². The van der Waals surface area contributed by atoms with Gasteiger partial charge in [0.05, 0.1) is 5.92 Å². The molecule has 2 rings (SSSR count). The third-order valence-electron chi connectivity index (χ3n) is 2.78. The SMILES string of the molecule is O=C(C1CNC1)N1CCCNCC1. The molecule has 0 saturated carbocycles. The number of carbonyl (C=O) groups is 1. The molecular weight excluding hydrogens is 166 g/mol. The monoisotopic (exact) mass is 183 g/mol. The van der Waals surface area contributed by atoms with Crippen LogP contribution in [-0.4, -0.2) is 50.1 Å². The van der Waals surface area contributed by atoms with Gasteiger partial charge in [0.25, 0.3) is 0 Å². The molecule has 0 radical (unpaired) electrons. The van der Waals surface area contributed by atoms with E-state index in [0.29, 0.717) is 5.91 Å². The Hall–Kier alpha value is -0.610. The maximum Gasteiger partial charge on any atom is 0.228 e. The molecule has 2 aliphatic rings. The van der Waals surface area contributed by atoms with Gasteiger partial charge in [0.2, 0.25) is 5.91 Å². The van der Waals surface area contributed by atoms with E-state index in [9.17, 15) is 4.79 Å². The molecule has 0 aromatic heterocycles. The van der Waals surface area contributed by atoms with Crippen molar-refractivity contribution in [3.05, 3.63) is 0 Å². The Morgan fingerprint density at radius 3 is 2.69 bits per heavy atom. The highest BCUT2D eigenvalue weighted by Gasteiger charge is 2.29. The van der Waals surface area contributed by atoms with Crippen LogP contribution in [-0.2, 0) is 4.79 Å². The highest BCUT2D eigenvalue weighted by Crippen LogP contribution is 2.09. The Morgan fingerprint density at radius 1 is 1.15 bits per heavy atom. The summed E-state index contributed by atoms with van der Waals surface area (Å²) in [7, 11) is 0. The second-order valence-electron chi connectivity index (χ2n) is 3.78. The fourth-order valence-corrected chi connectivity index (χ4v) is 1.79. The molecule has 0 aliphatic carbocycles. The first-order chi connectivity index (χ1) is 6.38. The average Bonchev–Trinajstić information content (AvgIpc) is 2.27. The molecule has 0 bridgehead atoms. The van der Waals surface area contributed by atoms with Crippen LogP contribution in [0.3, 0.4) is 0 Å². The van der Waals surface area contributed by atoms with E-state index in [1.165, 1.54) is 0 Å². The van der Waals surface area contributed by atoms with Crippen LogP contribution in [0.5, 0.6) is 0 Å². The van der Waals surface area contributed by atoms with Crippen molar-refractivity contribution in [2.45, 2.75) is 6.42 Å². The van der Waals surface area contributed by atoms with Crippen molar-refractivity contribution < 1.29 is 4.79 Å². The van der Waals surface area contributed by atoms with Gasteiger partial charge in [-0.1, -0.05) is 0 Å². The molecule has 74 valence electrons. The van der Waals surface area contributed by atoms with Crippen molar-refractivity contribution in [2.75, 3.05) is 39.3 Å². The maximum atomic E-state index is 11.8. The summed E-state index contributed by atoms with van der Waals surface area (Å²) in [6.07, 6.45) is 1.09. The number of carbonyl (C=O) groups excluding carboxylic acids is 1. The molecule has 1 amide bonds. The second-order valence-corrected chi connectivity index (χ2v) is 3.78. The first kappa shape index (κ1) is 8.97.